The van der Waals surface area contributed by atoms with Gasteiger partial charge in [0.2, 0.25) is 0 Å². The van der Waals surface area contributed by atoms with E-state index in [1.54, 1.807) is 17.5 Å². The third kappa shape index (κ3) is 4.40. The molecular formula is C13H16N4O3S. The van der Waals surface area contributed by atoms with Crippen LogP contribution in [0, 0.1) is 0 Å². The van der Waals surface area contributed by atoms with E-state index >= 15 is 0 Å². The Bertz CT molecular complexity index is 594. The lowest BCUT2D eigenvalue weighted by Gasteiger charge is -2.04. The quantitative estimate of drug-likeness (QED) is 0.641. The maximum atomic E-state index is 11.8. The van der Waals surface area contributed by atoms with Crippen LogP contribution < -0.4 is 16.4 Å². The largest absolute Gasteiger partial charge is 0.459 e. The minimum Gasteiger partial charge on any atom is -0.459 e. The monoisotopic (exact) mass is 308 g/mol. The predicted molar refractivity (Wildman–Crippen MR) is 78.2 cm³/mol. The highest BCUT2D eigenvalue weighted by molar-refractivity contribution is 7.09. The maximum absolute atomic E-state index is 11.8. The molecule has 0 aliphatic heterocycles. The van der Waals surface area contributed by atoms with Crippen molar-refractivity contribution < 1.29 is 14.0 Å². The number of thiazole rings is 1. The molecule has 2 amide bonds. The number of furan rings is 1. The van der Waals surface area contributed by atoms with Crippen molar-refractivity contribution in [3.05, 3.63) is 40.2 Å². The molecule has 2 rings (SSSR count). The predicted octanol–water partition coefficient (Wildman–Crippen LogP) is 0.397. The molecule has 0 unspecified atom stereocenters. The van der Waals surface area contributed by atoms with Crippen LogP contribution in [0.5, 0.6) is 0 Å². The van der Waals surface area contributed by atoms with Crippen LogP contribution in [0.3, 0.4) is 0 Å². The number of carbonyl (C=O) groups is 2. The Morgan fingerprint density at radius 2 is 2.05 bits per heavy atom. The summed E-state index contributed by atoms with van der Waals surface area (Å²) in [4.78, 5) is 27.5. The van der Waals surface area contributed by atoms with E-state index in [2.05, 4.69) is 15.6 Å². The highest BCUT2D eigenvalue weighted by Crippen LogP contribution is 2.09. The van der Waals surface area contributed by atoms with Crippen molar-refractivity contribution in [3.63, 3.8) is 0 Å². The van der Waals surface area contributed by atoms with E-state index in [-0.39, 0.29) is 17.6 Å². The molecule has 0 fully saturated rings. The van der Waals surface area contributed by atoms with Gasteiger partial charge in [-0.05, 0) is 18.7 Å². The Balaban J connectivity index is 1.70. The number of hydrogen-bond donors (Lipinski definition) is 3. The van der Waals surface area contributed by atoms with Gasteiger partial charge in [-0.15, -0.1) is 11.3 Å². The highest BCUT2D eigenvalue weighted by Gasteiger charge is 2.11. The fraction of sp³-hybridized carbons (Fsp3) is 0.308. The summed E-state index contributed by atoms with van der Waals surface area (Å²) in [5, 5.41) is 7.86. The van der Waals surface area contributed by atoms with E-state index in [1.165, 1.54) is 17.6 Å². The lowest BCUT2D eigenvalue weighted by atomic mass is 10.4. The molecule has 2 heterocycles. The van der Waals surface area contributed by atoms with E-state index in [4.69, 9.17) is 10.2 Å². The molecule has 0 radical (unpaired) electrons. The van der Waals surface area contributed by atoms with Gasteiger partial charge in [0.05, 0.1) is 11.3 Å². The van der Waals surface area contributed by atoms with Crippen LogP contribution >= 0.6 is 11.3 Å². The van der Waals surface area contributed by atoms with Crippen LogP contribution in [0.4, 0.5) is 0 Å². The fourth-order valence-electron chi connectivity index (χ4n) is 1.59. The Kier molecular flexibility index (Phi) is 5.47. The summed E-state index contributed by atoms with van der Waals surface area (Å²) in [5.41, 5.74) is 5.81. The van der Waals surface area contributed by atoms with Gasteiger partial charge in [-0.25, -0.2) is 4.98 Å². The van der Waals surface area contributed by atoms with Crippen LogP contribution in [0.2, 0.25) is 0 Å². The number of nitrogens with zero attached hydrogens (tertiary/aromatic N) is 1. The topological polar surface area (TPSA) is 110 Å². The van der Waals surface area contributed by atoms with Crippen molar-refractivity contribution >= 4 is 23.2 Å². The Labute approximate surface area is 125 Å². The summed E-state index contributed by atoms with van der Waals surface area (Å²) in [6.45, 7) is 1.13. The highest BCUT2D eigenvalue weighted by atomic mass is 32.1. The van der Waals surface area contributed by atoms with Crippen LogP contribution in [-0.2, 0) is 6.42 Å². The van der Waals surface area contributed by atoms with Crippen LogP contribution in [0.15, 0.2) is 28.2 Å². The summed E-state index contributed by atoms with van der Waals surface area (Å²) >= 11 is 1.41. The Hall–Kier alpha value is -2.19. The first-order chi connectivity index (χ1) is 10.2. The van der Waals surface area contributed by atoms with Gasteiger partial charge in [0.1, 0.15) is 5.69 Å². The van der Waals surface area contributed by atoms with Gasteiger partial charge in [0.15, 0.2) is 5.76 Å². The van der Waals surface area contributed by atoms with Crippen molar-refractivity contribution in [3.8, 4) is 0 Å². The SMILES string of the molecule is NCCc1nc(C(=O)NCCNC(=O)c2ccco2)cs1. The van der Waals surface area contributed by atoms with Gasteiger partial charge in [-0.1, -0.05) is 0 Å². The third-order valence-corrected chi connectivity index (χ3v) is 3.49. The summed E-state index contributed by atoms with van der Waals surface area (Å²) in [5.74, 6) is -0.331. The van der Waals surface area contributed by atoms with E-state index in [1.807, 2.05) is 0 Å². The second-order valence-electron chi connectivity index (χ2n) is 4.15. The van der Waals surface area contributed by atoms with E-state index < -0.39 is 0 Å². The fourth-order valence-corrected chi connectivity index (χ4v) is 2.39. The minimum atomic E-state index is -0.312. The van der Waals surface area contributed by atoms with Crippen molar-refractivity contribution in [1.29, 1.82) is 0 Å². The molecule has 0 aromatic carbocycles. The van der Waals surface area contributed by atoms with Crippen molar-refractivity contribution in [2.45, 2.75) is 6.42 Å². The molecule has 2 aromatic rings. The molecule has 0 aliphatic rings. The summed E-state index contributed by atoms with van der Waals surface area (Å²) in [6, 6.07) is 3.21. The third-order valence-electron chi connectivity index (χ3n) is 2.58. The number of aromatic nitrogens is 1. The van der Waals surface area contributed by atoms with Gasteiger partial charge >= 0.3 is 0 Å². The lowest BCUT2D eigenvalue weighted by molar-refractivity contribution is 0.0909. The number of amides is 2. The van der Waals surface area contributed by atoms with E-state index in [0.29, 0.717) is 31.7 Å². The van der Waals surface area contributed by atoms with E-state index in [9.17, 15) is 9.59 Å². The first-order valence-electron chi connectivity index (χ1n) is 6.45. The van der Waals surface area contributed by atoms with Crippen LogP contribution in [0.1, 0.15) is 26.1 Å². The molecule has 0 saturated carbocycles. The minimum absolute atomic E-state index is 0.243. The Morgan fingerprint density at radius 3 is 2.71 bits per heavy atom. The Morgan fingerprint density at radius 1 is 1.29 bits per heavy atom. The zero-order valence-corrected chi connectivity index (χ0v) is 12.1. The maximum Gasteiger partial charge on any atom is 0.287 e. The molecule has 0 saturated heterocycles. The second kappa shape index (κ2) is 7.55. The van der Waals surface area contributed by atoms with Crippen molar-refractivity contribution in [2.24, 2.45) is 5.73 Å². The first kappa shape index (κ1) is 15.2. The van der Waals surface area contributed by atoms with Gasteiger partial charge in [0.25, 0.3) is 11.8 Å². The molecule has 0 atom stereocenters. The van der Waals surface area contributed by atoms with Crippen LogP contribution in [-0.4, -0.2) is 36.4 Å². The number of nitrogens with two attached hydrogens (primary N) is 1. The molecule has 4 N–H and O–H groups in total. The molecule has 8 heteroatoms. The van der Waals surface area contributed by atoms with Gasteiger partial charge in [-0.3, -0.25) is 9.59 Å². The summed E-state index contributed by atoms with van der Waals surface area (Å²) in [7, 11) is 0. The smallest absolute Gasteiger partial charge is 0.287 e. The first-order valence-corrected chi connectivity index (χ1v) is 7.33. The number of carbonyl (C=O) groups excluding carboxylic acids is 2. The molecule has 7 nitrogen and oxygen atoms in total. The molecule has 0 bridgehead atoms. The molecule has 2 aromatic heterocycles. The molecule has 112 valence electrons. The summed E-state index contributed by atoms with van der Waals surface area (Å²) < 4.78 is 4.95. The van der Waals surface area contributed by atoms with Crippen molar-refractivity contribution in [2.75, 3.05) is 19.6 Å². The molecular weight excluding hydrogens is 292 g/mol. The summed E-state index contributed by atoms with van der Waals surface area (Å²) in [6.07, 6.45) is 2.09. The zero-order valence-electron chi connectivity index (χ0n) is 11.3. The van der Waals surface area contributed by atoms with Crippen molar-refractivity contribution in [1.82, 2.24) is 15.6 Å². The number of rotatable bonds is 7. The molecule has 0 aliphatic carbocycles. The second-order valence-corrected chi connectivity index (χ2v) is 5.10. The molecule has 0 spiro atoms. The normalized spacial score (nSPS) is 10.3. The molecule has 21 heavy (non-hydrogen) atoms. The lowest BCUT2D eigenvalue weighted by Crippen LogP contribution is -2.34. The van der Waals surface area contributed by atoms with Gasteiger partial charge in [-0.2, -0.15) is 0 Å². The van der Waals surface area contributed by atoms with Gasteiger partial charge < -0.3 is 20.8 Å². The van der Waals surface area contributed by atoms with E-state index in [0.717, 1.165) is 5.01 Å². The zero-order chi connectivity index (χ0) is 15.1. The number of hydrogen-bond acceptors (Lipinski definition) is 6. The standard InChI is InChI=1S/C13H16N4O3S/c14-4-3-11-17-9(8-21-11)12(18)15-5-6-16-13(19)10-2-1-7-20-10/h1-2,7-8H,3-6,14H2,(H,15,18)(H,16,19). The average Bonchev–Trinajstić information content (AvgIpc) is 3.14. The number of nitrogens with one attached hydrogen (secondary N) is 2. The average molecular weight is 308 g/mol. The van der Waals surface area contributed by atoms with Crippen LogP contribution in [0.25, 0.3) is 0 Å². The van der Waals surface area contributed by atoms with Gasteiger partial charge in [0, 0.05) is 24.9 Å².